The second-order valence-corrected chi connectivity index (χ2v) is 4.65. The van der Waals surface area contributed by atoms with Crippen molar-refractivity contribution in [3.8, 4) is 12.3 Å². The highest BCUT2D eigenvalue weighted by molar-refractivity contribution is 7.89. The summed E-state index contributed by atoms with van der Waals surface area (Å²) in [6.07, 6.45) is 5.11. The van der Waals surface area contributed by atoms with Crippen LogP contribution < -0.4 is 4.72 Å². The molecule has 84 valence electrons. The lowest BCUT2D eigenvalue weighted by Crippen LogP contribution is -2.29. The minimum absolute atomic E-state index is 0.0206. The second-order valence-electron chi connectivity index (χ2n) is 2.89. The van der Waals surface area contributed by atoms with E-state index in [0.29, 0.717) is 5.56 Å². The summed E-state index contributed by atoms with van der Waals surface area (Å²) in [7, 11) is -3.78. The lowest BCUT2D eigenvalue weighted by molar-refractivity contribution is -0.135. The van der Waals surface area contributed by atoms with E-state index in [-0.39, 0.29) is 4.90 Å². The number of rotatable bonds is 4. The first-order valence-electron chi connectivity index (χ1n) is 4.24. The van der Waals surface area contributed by atoms with Crippen LogP contribution in [0, 0.1) is 12.3 Å². The number of carboxylic acid groups (broad SMARTS) is 1. The van der Waals surface area contributed by atoms with Gasteiger partial charge in [0, 0.05) is 5.56 Å². The van der Waals surface area contributed by atoms with Crippen molar-refractivity contribution in [1.82, 2.24) is 4.72 Å². The summed E-state index contributed by atoms with van der Waals surface area (Å²) in [5.74, 6) is 1.10. The van der Waals surface area contributed by atoms with Crippen molar-refractivity contribution in [2.75, 3.05) is 6.54 Å². The molecule has 0 unspecified atom stereocenters. The summed E-state index contributed by atoms with van der Waals surface area (Å²) in [6, 6.07) is 5.57. The second kappa shape index (κ2) is 4.79. The molecule has 2 N–H and O–H groups in total. The molecule has 0 saturated carbocycles. The van der Waals surface area contributed by atoms with E-state index in [1.807, 2.05) is 4.72 Å². The minimum Gasteiger partial charge on any atom is -0.480 e. The zero-order chi connectivity index (χ0) is 12.2. The van der Waals surface area contributed by atoms with E-state index >= 15 is 0 Å². The standard InChI is InChI=1S/C10H9NO4S/c1-2-8-3-5-9(6-4-8)16(14,15)11-7-10(12)13/h1,3-6,11H,7H2,(H,12,13). The van der Waals surface area contributed by atoms with Crippen molar-refractivity contribution in [1.29, 1.82) is 0 Å². The lowest BCUT2D eigenvalue weighted by Gasteiger charge is -2.04. The van der Waals surface area contributed by atoms with Crippen LogP contribution in [0.3, 0.4) is 0 Å². The van der Waals surface area contributed by atoms with Crippen LogP contribution in [0.4, 0.5) is 0 Å². The Hall–Kier alpha value is -1.84. The summed E-state index contributed by atoms with van der Waals surface area (Å²) >= 11 is 0. The quantitative estimate of drug-likeness (QED) is 0.726. The smallest absolute Gasteiger partial charge is 0.318 e. The maximum atomic E-state index is 11.5. The maximum Gasteiger partial charge on any atom is 0.318 e. The van der Waals surface area contributed by atoms with Crippen LogP contribution in [0.15, 0.2) is 29.2 Å². The maximum absolute atomic E-state index is 11.5. The molecule has 1 rings (SSSR count). The third-order valence-corrected chi connectivity index (χ3v) is 3.16. The first kappa shape index (κ1) is 12.2. The third kappa shape index (κ3) is 3.08. The van der Waals surface area contributed by atoms with Crippen LogP contribution in [0.2, 0.25) is 0 Å². The molecule has 0 aliphatic carbocycles. The largest absolute Gasteiger partial charge is 0.480 e. The minimum atomic E-state index is -3.78. The summed E-state index contributed by atoms with van der Waals surface area (Å²) in [6.45, 7) is -0.654. The van der Waals surface area contributed by atoms with Crippen LogP contribution in [-0.4, -0.2) is 26.0 Å². The van der Waals surface area contributed by atoms with Gasteiger partial charge in [-0.2, -0.15) is 4.72 Å². The van der Waals surface area contributed by atoms with Gasteiger partial charge in [0.2, 0.25) is 10.0 Å². The van der Waals surface area contributed by atoms with Crippen LogP contribution in [0.25, 0.3) is 0 Å². The fourth-order valence-electron chi connectivity index (χ4n) is 0.970. The van der Waals surface area contributed by atoms with Crippen LogP contribution in [0.5, 0.6) is 0 Å². The molecular weight excluding hydrogens is 230 g/mol. The first-order valence-corrected chi connectivity index (χ1v) is 5.72. The molecule has 0 aromatic heterocycles. The van der Waals surface area contributed by atoms with Crippen LogP contribution >= 0.6 is 0 Å². The Morgan fingerprint density at radius 1 is 1.38 bits per heavy atom. The van der Waals surface area contributed by atoms with Gasteiger partial charge in [0.05, 0.1) is 4.90 Å². The zero-order valence-electron chi connectivity index (χ0n) is 8.17. The summed E-state index contributed by atoms with van der Waals surface area (Å²) in [5.41, 5.74) is 0.553. The Morgan fingerprint density at radius 3 is 2.38 bits per heavy atom. The highest BCUT2D eigenvalue weighted by Crippen LogP contribution is 2.09. The number of carboxylic acids is 1. The highest BCUT2D eigenvalue weighted by atomic mass is 32.2. The molecule has 1 aromatic carbocycles. The fraction of sp³-hybridized carbons (Fsp3) is 0.100. The van der Waals surface area contributed by atoms with Gasteiger partial charge in [-0.1, -0.05) is 5.92 Å². The number of carbonyl (C=O) groups is 1. The third-order valence-electron chi connectivity index (χ3n) is 1.74. The molecule has 0 aliphatic rings. The molecule has 0 amide bonds. The van der Waals surface area contributed by atoms with Crippen molar-refractivity contribution >= 4 is 16.0 Å². The van der Waals surface area contributed by atoms with Gasteiger partial charge in [0.15, 0.2) is 0 Å². The van der Waals surface area contributed by atoms with E-state index in [2.05, 4.69) is 5.92 Å². The van der Waals surface area contributed by atoms with Gasteiger partial charge in [-0.05, 0) is 24.3 Å². The molecule has 0 atom stereocenters. The average Bonchev–Trinajstić information content (AvgIpc) is 2.27. The van der Waals surface area contributed by atoms with Gasteiger partial charge >= 0.3 is 5.97 Å². The molecule has 5 nitrogen and oxygen atoms in total. The Morgan fingerprint density at radius 2 is 1.94 bits per heavy atom. The number of benzene rings is 1. The van der Waals surface area contributed by atoms with Crippen molar-refractivity contribution < 1.29 is 18.3 Å². The number of terminal acetylenes is 1. The van der Waals surface area contributed by atoms with Crippen molar-refractivity contribution in [3.63, 3.8) is 0 Å². The monoisotopic (exact) mass is 239 g/mol. The SMILES string of the molecule is C#Cc1ccc(S(=O)(=O)NCC(=O)O)cc1. The number of hydrogen-bond donors (Lipinski definition) is 2. The normalized spacial score (nSPS) is 10.7. The van der Waals surface area contributed by atoms with Gasteiger partial charge in [0.25, 0.3) is 0 Å². The van der Waals surface area contributed by atoms with Gasteiger partial charge in [-0.3, -0.25) is 4.79 Å². The number of sulfonamides is 1. The molecule has 0 saturated heterocycles. The Kier molecular flexibility index (Phi) is 3.66. The van der Waals surface area contributed by atoms with Gasteiger partial charge < -0.3 is 5.11 Å². The summed E-state index contributed by atoms with van der Waals surface area (Å²) in [4.78, 5) is 10.2. The topological polar surface area (TPSA) is 83.5 Å². The molecule has 0 fully saturated rings. The molecule has 6 heteroatoms. The van der Waals surface area contributed by atoms with Crippen molar-refractivity contribution in [3.05, 3.63) is 29.8 Å². The molecule has 0 heterocycles. The van der Waals surface area contributed by atoms with E-state index < -0.39 is 22.5 Å². The molecule has 0 spiro atoms. The van der Waals surface area contributed by atoms with E-state index in [9.17, 15) is 13.2 Å². The fourth-order valence-corrected chi connectivity index (χ4v) is 1.94. The van der Waals surface area contributed by atoms with Gasteiger partial charge in [0.1, 0.15) is 6.54 Å². The van der Waals surface area contributed by atoms with Crippen LogP contribution in [-0.2, 0) is 14.8 Å². The first-order chi connectivity index (χ1) is 7.45. The Balaban J connectivity index is 2.91. The number of nitrogens with one attached hydrogen (secondary N) is 1. The molecular formula is C10H9NO4S. The highest BCUT2D eigenvalue weighted by Gasteiger charge is 2.14. The summed E-state index contributed by atoms with van der Waals surface area (Å²) < 4.78 is 25.0. The predicted molar refractivity (Wildman–Crippen MR) is 57.2 cm³/mol. The molecule has 0 bridgehead atoms. The molecule has 0 radical (unpaired) electrons. The average molecular weight is 239 g/mol. The van der Waals surface area contributed by atoms with Crippen molar-refractivity contribution in [2.45, 2.75) is 4.90 Å². The zero-order valence-corrected chi connectivity index (χ0v) is 8.99. The van der Waals surface area contributed by atoms with E-state index in [1.54, 1.807) is 0 Å². The molecule has 1 aromatic rings. The predicted octanol–water partition coefficient (Wildman–Crippen LogP) is 0.0308. The molecule has 16 heavy (non-hydrogen) atoms. The van der Waals surface area contributed by atoms with Gasteiger partial charge in [-0.15, -0.1) is 6.42 Å². The summed E-state index contributed by atoms with van der Waals surface area (Å²) in [5, 5.41) is 8.35. The Labute approximate surface area is 93.2 Å². The number of hydrogen-bond acceptors (Lipinski definition) is 3. The molecule has 0 aliphatic heterocycles. The Bertz CT molecular complexity index is 525. The van der Waals surface area contributed by atoms with Crippen molar-refractivity contribution in [2.24, 2.45) is 0 Å². The van der Waals surface area contributed by atoms with E-state index in [4.69, 9.17) is 11.5 Å². The van der Waals surface area contributed by atoms with Gasteiger partial charge in [-0.25, -0.2) is 8.42 Å². The number of aliphatic carboxylic acids is 1. The van der Waals surface area contributed by atoms with Crippen LogP contribution in [0.1, 0.15) is 5.56 Å². The van der Waals surface area contributed by atoms with E-state index in [0.717, 1.165) is 0 Å². The lowest BCUT2D eigenvalue weighted by atomic mass is 10.2. The van der Waals surface area contributed by atoms with E-state index in [1.165, 1.54) is 24.3 Å².